The summed E-state index contributed by atoms with van der Waals surface area (Å²) < 4.78 is 0. The molecule has 0 amide bonds. The van der Waals surface area contributed by atoms with E-state index in [9.17, 15) is 0 Å². The van der Waals surface area contributed by atoms with E-state index in [0.717, 1.165) is 106 Å². The fraction of sp³-hybridized carbons (Fsp3) is 0.0361. The number of benzene rings is 12. The molecule has 0 bridgehead atoms. The SMILES string of the molecule is CC1(C)c2ccc(-c3ccc(-c4ccccc4)cn3)c3ccc4ccc5c(-c6ccc(-c7cccc(-c8ccc9cc(-c%10cc(-c%11cccnc%11)cc(-c%11nc(-c%12ccccc%12)nc(-c%12ccccc%12)n%11)c%10)c%10ccccc%10c9c8)c7)cn6)ccc1c5c4c23. The Morgan fingerprint density at radius 2 is 0.730 bits per heavy atom. The van der Waals surface area contributed by atoms with Gasteiger partial charge in [0.15, 0.2) is 17.5 Å². The maximum absolute atomic E-state index is 5.25. The molecule has 89 heavy (non-hydrogen) atoms. The standard InChI is InChI=1S/C83H54N6/c1-83(2)73-37-35-67(75-39-31-60(49-85-75)51-16-6-3-7-17-51)69-33-29-52-30-34-70-68(36-38-74(83)79(70)77(52)78(69)73)76-40-32-61(50-86-76)56-23-14-22-55(42-56)57-27-28-58-47-72(66-26-13-12-25-65(66)71(58)46-57)63-43-62(59-24-15-41-84-48-59)44-64(45-63)82-88-80(53-18-8-4-9-19-53)87-81(89-82)54-20-10-5-11-21-54/h3-50H,1-2H3. The highest BCUT2D eigenvalue weighted by Crippen LogP contribution is 2.52. The van der Waals surface area contributed by atoms with E-state index in [1.807, 2.05) is 97.6 Å². The third-order valence-electron chi connectivity index (χ3n) is 18.3. The molecule has 416 valence electrons. The van der Waals surface area contributed by atoms with E-state index in [1.54, 1.807) is 0 Å². The summed E-state index contributed by atoms with van der Waals surface area (Å²) in [5, 5.41) is 12.3. The van der Waals surface area contributed by atoms with E-state index < -0.39 is 0 Å². The number of nitrogens with zero attached hydrogens (tertiary/aromatic N) is 6. The van der Waals surface area contributed by atoms with E-state index in [4.69, 9.17) is 24.9 Å². The third kappa shape index (κ3) is 8.87. The summed E-state index contributed by atoms with van der Waals surface area (Å²) in [5.74, 6) is 1.83. The lowest BCUT2D eigenvalue weighted by molar-refractivity contribution is 0.652. The van der Waals surface area contributed by atoms with Gasteiger partial charge in [-0.05, 0) is 159 Å². The van der Waals surface area contributed by atoms with Crippen LogP contribution in [-0.2, 0) is 5.41 Å². The highest BCUT2D eigenvalue weighted by Gasteiger charge is 2.34. The lowest BCUT2D eigenvalue weighted by atomic mass is 9.68. The van der Waals surface area contributed by atoms with Crippen molar-refractivity contribution in [2.24, 2.45) is 0 Å². The molecular formula is C83H54N6. The average molecular weight is 1140 g/mol. The number of aromatic nitrogens is 6. The van der Waals surface area contributed by atoms with Gasteiger partial charge in [-0.25, -0.2) is 15.0 Å². The van der Waals surface area contributed by atoms with Crippen LogP contribution in [0.25, 0.3) is 166 Å². The van der Waals surface area contributed by atoms with E-state index in [1.165, 1.54) is 54.2 Å². The molecule has 6 heteroatoms. The predicted molar refractivity (Wildman–Crippen MR) is 367 cm³/mol. The predicted octanol–water partition coefficient (Wildman–Crippen LogP) is 21.1. The van der Waals surface area contributed by atoms with E-state index in [2.05, 4.69) is 213 Å². The summed E-state index contributed by atoms with van der Waals surface area (Å²) in [5.41, 5.74) is 20.3. The topological polar surface area (TPSA) is 77.3 Å². The first-order valence-corrected chi connectivity index (χ1v) is 30.3. The first kappa shape index (κ1) is 51.8. The van der Waals surface area contributed by atoms with E-state index >= 15 is 0 Å². The van der Waals surface area contributed by atoms with Gasteiger partial charge in [0.2, 0.25) is 0 Å². The normalized spacial score (nSPS) is 12.5. The lowest BCUT2D eigenvalue weighted by Gasteiger charge is -2.35. The van der Waals surface area contributed by atoms with Gasteiger partial charge >= 0.3 is 0 Å². The number of fused-ring (bicyclic) bond motifs is 3. The van der Waals surface area contributed by atoms with Crippen molar-refractivity contribution in [3.05, 3.63) is 303 Å². The molecular weight excluding hydrogens is 1080 g/mol. The van der Waals surface area contributed by atoms with Crippen molar-refractivity contribution in [3.63, 3.8) is 0 Å². The van der Waals surface area contributed by atoms with Crippen molar-refractivity contribution in [3.8, 4) is 112 Å². The smallest absolute Gasteiger partial charge is 0.164 e. The Balaban J connectivity index is 0.719. The molecule has 0 atom stereocenters. The average Bonchev–Trinajstić information content (AvgIpc) is 1.05. The molecule has 1 aliphatic rings. The molecule has 0 unspecified atom stereocenters. The summed E-state index contributed by atoms with van der Waals surface area (Å²) in [6.07, 6.45) is 7.77. The fourth-order valence-electron chi connectivity index (χ4n) is 13.8. The molecule has 0 spiro atoms. The highest BCUT2D eigenvalue weighted by molar-refractivity contribution is 6.27. The van der Waals surface area contributed by atoms with Gasteiger partial charge in [0, 0.05) is 74.7 Å². The molecule has 0 N–H and O–H groups in total. The van der Waals surface area contributed by atoms with Crippen molar-refractivity contribution in [2.45, 2.75) is 19.3 Å². The molecule has 16 aromatic rings. The number of hydrogen-bond acceptors (Lipinski definition) is 6. The Labute approximate surface area is 515 Å². The van der Waals surface area contributed by atoms with Gasteiger partial charge in [0.05, 0.1) is 11.4 Å². The van der Waals surface area contributed by atoms with Crippen LogP contribution < -0.4 is 0 Å². The molecule has 4 heterocycles. The molecule has 0 saturated carbocycles. The molecule has 1 aliphatic carbocycles. The Morgan fingerprint density at radius 3 is 1.33 bits per heavy atom. The van der Waals surface area contributed by atoms with Crippen LogP contribution in [0.4, 0.5) is 0 Å². The van der Waals surface area contributed by atoms with Gasteiger partial charge in [-0.2, -0.15) is 0 Å². The van der Waals surface area contributed by atoms with Crippen LogP contribution in [0.1, 0.15) is 25.0 Å². The quantitative estimate of drug-likeness (QED) is 0.127. The second-order valence-corrected chi connectivity index (χ2v) is 23.8. The Bertz CT molecular complexity index is 5420. The maximum atomic E-state index is 5.25. The summed E-state index contributed by atoms with van der Waals surface area (Å²) in [6.45, 7) is 4.75. The minimum absolute atomic E-state index is 0.233. The zero-order chi connectivity index (χ0) is 59.2. The summed E-state index contributed by atoms with van der Waals surface area (Å²) in [6, 6.07) is 95.5. The van der Waals surface area contributed by atoms with Crippen LogP contribution in [-0.4, -0.2) is 29.9 Å². The van der Waals surface area contributed by atoms with Crippen LogP contribution in [0.15, 0.2) is 292 Å². The number of hydrogen-bond donors (Lipinski definition) is 0. The lowest BCUT2D eigenvalue weighted by Crippen LogP contribution is -2.22. The molecule has 0 radical (unpaired) electrons. The summed E-state index contributed by atoms with van der Waals surface area (Å²) in [7, 11) is 0. The molecule has 12 aromatic carbocycles. The summed E-state index contributed by atoms with van der Waals surface area (Å²) >= 11 is 0. The van der Waals surface area contributed by atoms with Gasteiger partial charge in [-0.15, -0.1) is 0 Å². The van der Waals surface area contributed by atoms with Crippen LogP contribution in [0.2, 0.25) is 0 Å². The minimum atomic E-state index is -0.233. The van der Waals surface area contributed by atoms with Crippen LogP contribution >= 0.6 is 0 Å². The van der Waals surface area contributed by atoms with Crippen molar-refractivity contribution < 1.29 is 0 Å². The van der Waals surface area contributed by atoms with Crippen molar-refractivity contribution in [1.82, 2.24) is 29.9 Å². The maximum Gasteiger partial charge on any atom is 0.164 e. The zero-order valence-electron chi connectivity index (χ0n) is 48.9. The van der Waals surface area contributed by atoms with Crippen molar-refractivity contribution in [1.29, 1.82) is 0 Å². The molecule has 4 aromatic heterocycles. The van der Waals surface area contributed by atoms with Gasteiger partial charge < -0.3 is 0 Å². The van der Waals surface area contributed by atoms with Crippen LogP contribution in [0.5, 0.6) is 0 Å². The third-order valence-corrected chi connectivity index (χ3v) is 18.3. The van der Waals surface area contributed by atoms with Crippen LogP contribution in [0, 0.1) is 0 Å². The van der Waals surface area contributed by atoms with Gasteiger partial charge in [0.1, 0.15) is 0 Å². The molecule has 17 rings (SSSR count). The largest absolute Gasteiger partial charge is 0.264 e. The Hall–Kier alpha value is -11.6. The molecule has 0 saturated heterocycles. The first-order chi connectivity index (χ1) is 43.8. The molecule has 6 nitrogen and oxygen atoms in total. The number of rotatable bonds is 10. The van der Waals surface area contributed by atoms with Crippen LogP contribution in [0.3, 0.4) is 0 Å². The van der Waals surface area contributed by atoms with Gasteiger partial charge in [-0.3, -0.25) is 15.0 Å². The fourth-order valence-corrected chi connectivity index (χ4v) is 13.8. The van der Waals surface area contributed by atoms with Crippen molar-refractivity contribution in [2.75, 3.05) is 0 Å². The molecule has 0 aliphatic heterocycles. The monoisotopic (exact) mass is 1130 g/mol. The van der Waals surface area contributed by atoms with Gasteiger partial charge in [-0.1, -0.05) is 226 Å². The minimum Gasteiger partial charge on any atom is -0.264 e. The van der Waals surface area contributed by atoms with E-state index in [0.29, 0.717) is 17.5 Å². The second-order valence-electron chi connectivity index (χ2n) is 23.8. The second kappa shape index (κ2) is 20.8. The Kier molecular flexibility index (Phi) is 12.1. The number of pyridine rings is 3. The van der Waals surface area contributed by atoms with E-state index in [-0.39, 0.29) is 5.41 Å². The first-order valence-electron chi connectivity index (χ1n) is 30.3. The molecule has 0 fully saturated rings. The Morgan fingerprint density at radius 1 is 0.258 bits per heavy atom. The van der Waals surface area contributed by atoms with Gasteiger partial charge in [0.25, 0.3) is 0 Å². The highest BCUT2D eigenvalue weighted by atomic mass is 15.0. The van der Waals surface area contributed by atoms with Crippen molar-refractivity contribution >= 4 is 53.9 Å². The summed E-state index contributed by atoms with van der Waals surface area (Å²) in [4.78, 5) is 30.2. The zero-order valence-corrected chi connectivity index (χ0v) is 48.9.